The summed E-state index contributed by atoms with van der Waals surface area (Å²) in [6, 6.07) is 9.61. The molecule has 1 aliphatic rings. The van der Waals surface area contributed by atoms with Crippen molar-refractivity contribution in [3.63, 3.8) is 0 Å². The van der Waals surface area contributed by atoms with Gasteiger partial charge in [-0.1, -0.05) is 17.7 Å². The number of hydrogen-bond acceptors (Lipinski definition) is 17. The molecule has 1 fully saturated rings. The van der Waals surface area contributed by atoms with E-state index in [1.54, 1.807) is 17.9 Å². The molecule has 416 valence electrons. The van der Waals surface area contributed by atoms with Gasteiger partial charge in [-0.25, -0.2) is 4.57 Å². The third kappa shape index (κ3) is 19.3. The molecule has 0 radical (unpaired) electrons. The first-order valence-corrected chi connectivity index (χ1v) is 25.5. The smallest absolute Gasteiger partial charge is 0.508 e. The Hall–Kier alpha value is -7.06. The Morgan fingerprint density at radius 3 is 1.61 bits per heavy atom. The molecule has 1 heterocycles. The molecule has 4 rings (SSSR count). The molecular formula is C49H66N7O19P. The van der Waals surface area contributed by atoms with E-state index in [1.807, 2.05) is 33.8 Å². The van der Waals surface area contributed by atoms with Gasteiger partial charge in [0.05, 0.1) is 24.6 Å². The molecule has 2 amide bonds. The number of carboxylic acids is 5. The van der Waals surface area contributed by atoms with Crippen molar-refractivity contribution in [3.05, 3.63) is 86.0 Å². The van der Waals surface area contributed by atoms with Crippen LogP contribution in [0.3, 0.4) is 0 Å². The van der Waals surface area contributed by atoms with E-state index in [0.29, 0.717) is 15.4 Å². The van der Waals surface area contributed by atoms with Crippen LogP contribution in [0.1, 0.15) is 46.2 Å². The number of nitro groups is 1. The summed E-state index contributed by atoms with van der Waals surface area (Å²) in [6.45, 7) is 3.34. The molecule has 0 aliphatic carbocycles. The molecular weight excluding hydrogens is 1020 g/mol. The van der Waals surface area contributed by atoms with Crippen molar-refractivity contribution in [3.8, 4) is 22.6 Å². The Balaban J connectivity index is 1.64. The number of carbonyl (C=O) groups is 7. The number of aliphatic carboxylic acids is 5. The van der Waals surface area contributed by atoms with Crippen molar-refractivity contribution in [1.29, 1.82) is 0 Å². The Kier molecular flexibility index (Phi) is 22.8. The second-order valence-corrected chi connectivity index (χ2v) is 20.0. The van der Waals surface area contributed by atoms with Crippen molar-refractivity contribution in [2.45, 2.75) is 60.0 Å². The number of nitro benzene ring substituents is 1. The molecule has 7 N–H and O–H groups in total. The van der Waals surface area contributed by atoms with Crippen LogP contribution in [0.25, 0.3) is 11.1 Å². The van der Waals surface area contributed by atoms with Gasteiger partial charge in [0.2, 0.25) is 11.8 Å². The highest BCUT2D eigenvalue weighted by molar-refractivity contribution is 7.47. The fraction of sp³-hybridized carbons (Fsp3) is 0.490. The van der Waals surface area contributed by atoms with E-state index in [4.69, 9.17) is 9.05 Å². The van der Waals surface area contributed by atoms with Crippen LogP contribution in [0.2, 0.25) is 0 Å². The summed E-state index contributed by atoms with van der Waals surface area (Å²) in [5.74, 6) is -9.32. The number of non-ortho nitro benzene ring substituents is 1. The lowest BCUT2D eigenvalue weighted by Crippen LogP contribution is -2.53. The summed E-state index contributed by atoms with van der Waals surface area (Å²) >= 11 is 0. The molecule has 1 aliphatic heterocycles. The van der Waals surface area contributed by atoms with E-state index >= 15 is 0 Å². The van der Waals surface area contributed by atoms with Gasteiger partial charge in [-0.05, 0) is 99.0 Å². The van der Waals surface area contributed by atoms with Gasteiger partial charge in [-0.15, -0.1) is 0 Å². The van der Waals surface area contributed by atoms with E-state index in [-0.39, 0.29) is 94.5 Å². The van der Waals surface area contributed by atoms with Gasteiger partial charge in [0.1, 0.15) is 43.7 Å². The summed E-state index contributed by atoms with van der Waals surface area (Å²) in [5, 5.41) is 71.0. The van der Waals surface area contributed by atoms with Gasteiger partial charge < -0.3 is 45.0 Å². The number of phenols is 1. The lowest BCUT2D eigenvalue weighted by atomic mass is 9.90. The highest BCUT2D eigenvalue weighted by Crippen LogP contribution is 2.46. The van der Waals surface area contributed by atoms with Crippen LogP contribution in [0.4, 0.5) is 5.69 Å². The van der Waals surface area contributed by atoms with Gasteiger partial charge in [0, 0.05) is 76.6 Å². The maximum Gasteiger partial charge on any atom is 0.527 e. The number of amides is 2. The molecule has 26 nitrogen and oxygen atoms in total. The first-order valence-electron chi connectivity index (χ1n) is 24.0. The summed E-state index contributed by atoms with van der Waals surface area (Å²) in [5.41, 5.74) is 6.24. The van der Waals surface area contributed by atoms with Gasteiger partial charge in [0.15, 0.2) is 0 Å². The van der Waals surface area contributed by atoms with Gasteiger partial charge in [0.25, 0.3) is 5.69 Å². The quantitative estimate of drug-likeness (QED) is 0.0277. The molecule has 3 aromatic rings. The Bertz CT molecular complexity index is 2570. The summed E-state index contributed by atoms with van der Waals surface area (Å²) in [6.07, 6.45) is -0.321. The molecule has 0 spiro atoms. The van der Waals surface area contributed by atoms with E-state index in [2.05, 4.69) is 12.1 Å². The Morgan fingerprint density at radius 1 is 0.671 bits per heavy atom. The summed E-state index contributed by atoms with van der Waals surface area (Å²) in [7, 11) is -4.80. The predicted octanol–water partition coefficient (Wildman–Crippen LogP) is 2.66. The number of hydrogen-bond donors (Lipinski definition) is 7. The van der Waals surface area contributed by atoms with Crippen LogP contribution < -0.4 is 4.52 Å². The third-order valence-electron chi connectivity index (χ3n) is 12.6. The van der Waals surface area contributed by atoms with Crippen molar-refractivity contribution in [2.24, 2.45) is 0 Å². The summed E-state index contributed by atoms with van der Waals surface area (Å²) < 4.78 is 24.2. The van der Waals surface area contributed by atoms with E-state index < -0.39 is 106 Å². The number of phenolic OH excluding ortho intramolecular Hbond substituents is 1. The van der Waals surface area contributed by atoms with Gasteiger partial charge in [-0.3, -0.25) is 72.7 Å². The second kappa shape index (κ2) is 28.2. The van der Waals surface area contributed by atoms with Crippen LogP contribution in [-0.4, -0.2) is 216 Å². The lowest BCUT2D eigenvalue weighted by molar-refractivity contribution is -0.385. The topological polar surface area (TPSA) is 359 Å². The van der Waals surface area contributed by atoms with Crippen LogP contribution >= 0.6 is 7.82 Å². The van der Waals surface area contributed by atoms with Crippen LogP contribution in [0, 0.1) is 44.7 Å². The molecule has 27 heteroatoms. The molecule has 0 saturated carbocycles. The number of carbonyl (C=O) groups excluding carboxylic acids is 2. The lowest BCUT2D eigenvalue weighted by Gasteiger charge is -2.36. The maximum atomic E-state index is 13.6. The largest absolute Gasteiger partial charge is 0.527 e. The molecule has 2 atom stereocenters. The van der Waals surface area contributed by atoms with Crippen LogP contribution in [-0.2, 0) is 49.2 Å². The zero-order valence-electron chi connectivity index (χ0n) is 43.0. The number of phosphoric ester groups is 1. The van der Waals surface area contributed by atoms with Crippen molar-refractivity contribution in [1.82, 2.24) is 29.4 Å². The normalized spacial score (nSPS) is 15.6. The number of rotatable bonds is 25. The zero-order valence-corrected chi connectivity index (χ0v) is 43.8. The molecule has 0 aromatic heterocycles. The number of benzene rings is 3. The van der Waals surface area contributed by atoms with Crippen molar-refractivity contribution in [2.75, 3.05) is 98.2 Å². The predicted molar refractivity (Wildman–Crippen MR) is 271 cm³/mol. The van der Waals surface area contributed by atoms with Crippen molar-refractivity contribution >= 4 is 55.2 Å². The van der Waals surface area contributed by atoms with E-state index in [1.165, 1.54) is 14.7 Å². The molecule has 0 bridgehead atoms. The first-order chi connectivity index (χ1) is 35.6. The van der Waals surface area contributed by atoms with Crippen LogP contribution in [0.5, 0.6) is 11.5 Å². The number of aryl methyl sites for hydroxylation is 5. The molecule has 1 saturated heterocycles. The number of carboxylic acid groups (broad SMARTS) is 5. The minimum Gasteiger partial charge on any atom is -0.508 e. The SMILES string of the molecule is Cc1cc(C)c(-c2cc(C)c(OP(=O)(O)OCCC[C@H](C(=O)O)N3CCN(CC(=O)N(CC(=O)O)CC(=O)O)CCN(Cc4cc([N+](=O)[O-])ccc4O)CCN(CC(=O)N(CC(=O)O)CC(=O)O)CC3)cc2C)c(C)c1. The Labute approximate surface area is 438 Å². The standard InChI is InChI=1S/C49H66N7O19P/c1-31-19-34(4)48(35(5)20-31)38-21-33(3)41(22-32(38)2)75-76(72,73)74-18-6-7-39(49(68)69)53-16-14-51(25-42(58)54(27-44(60)61)28-45(62)63)12-10-50(24-36-23-37(56(70)71)8-9-40(36)57)11-13-52(15-17-53)26-43(59)55(29-46(64)65)30-47(66)67/h8-9,19-23,39,57H,6-7,10-18,24-30H2,1-5H3,(H,60,61)(H,62,63)(H,64,65)(H,66,67)(H,68,69)(H,72,73)/t39-/m1/s1. The minimum atomic E-state index is -4.80. The average Bonchev–Trinajstić information content (AvgIpc) is 3.29. The molecule has 1 unspecified atom stereocenters. The Morgan fingerprint density at radius 2 is 1.14 bits per heavy atom. The number of nitrogens with zero attached hydrogens (tertiary/aromatic N) is 7. The maximum absolute atomic E-state index is 13.6. The average molecular weight is 1090 g/mol. The fourth-order valence-electron chi connectivity index (χ4n) is 8.92. The van der Waals surface area contributed by atoms with E-state index in [9.17, 15) is 83.8 Å². The third-order valence-corrected chi connectivity index (χ3v) is 13.5. The van der Waals surface area contributed by atoms with Crippen molar-refractivity contribution < 1.29 is 87.6 Å². The molecule has 76 heavy (non-hydrogen) atoms. The van der Waals surface area contributed by atoms with Crippen LogP contribution in [0.15, 0.2) is 42.5 Å². The molecule has 3 aromatic carbocycles. The van der Waals surface area contributed by atoms with Gasteiger partial charge in [-0.2, -0.15) is 0 Å². The second-order valence-electron chi connectivity index (χ2n) is 18.6. The highest BCUT2D eigenvalue weighted by atomic mass is 31.2. The van der Waals surface area contributed by atoms with Gasteiger partial charge >= 0.3 is 37.7 Å². The zero-order chi connectivity index (χ0) is 56.6. The number of phosphoric acid groups is 1. The first kappa shape index (κ1) is 61.5. The summed E-state index contributed by atoms with van der Waals surface area (Å²) in [4.78, 5) is 116. The number of aromatic hydroxyl groups is 1. The minimum absolute atomic E-state index is 0.00246. The highest BCUT2D eigenvalue weighted by Gasteiger charge is 2.32. The fourth-order valence-corrected chi connectivity index (χ4v) is 9.78. The monoisotopic (exact) mass is 1090 g/mol. The van der Waals surface area contributed by atoms with E-state index in [0.717, 1.165) is 51.6 Å².